The number of ether oxygens (including phenoxy) is 1. The van der Waals surface area contributed by atoms with Gasteiger partial charge >= 0.3 is 5.97 Å². The number of Topliss-reactive ketones (excluding diaryl/α,β-unsaturated/α-hetero) is 1. The lowest BCUT2D eigenvalue weighted by molar-refractivity contribution is -0.136. The molecule has 1 unspecified atom stereocenters. The fourth-order valence-corrected chi connectivity index (χ4v) is 3.63. The molecule has 0 N–H and O–H groups in total. The Hall–Kier alpha value is -2.36. The summed E-state index contributed by atoms with van der Waals surface area (Å²) in [5.74, 6) is 0.0629. The maximum Gasteiger partial charge on any atom is 0.335 e. The molecule has 0 saturated carbocycles. The van der Waals surface area contributed by atoms with Crippen molar-refractivity contribution >= 4 is 17.4 Å². The third-order valence-corrected chi connectivity index (χ3v) is 4.76. The molecule has 3 rings (SSSR count). The smallest absolute Gasteiger partial charge is 0.335 e. The highest BCUT2D eigenvalue weighted by Gasteiger charge is 2.35. The van der Waals surface area contributed by atoms with Crippen molar-refractivity contribution < 1.29 is 14.3 Å². The predicted octanol–water partition coefficient (Wildman–Crippen LogP) is 3.29. The van der Waals surface area contributed by atoms with E-state index in [2.05, 4.69) is 11.8 Å². The molecule has 0 saturated heterocycles. The number of rotatable bonds is 4. The van der Waals surface area contributed by atoms with Gasteiger partial charge in [0.05, 0.1) is 19.2 Å². The number of anilines is 1. The molecule has 0 spiro atoms. The molecule has 4 heteroatoms. The Bertz CT molecular complexity index is 703. The zero-order valence-corrected chi connectivity index (χ0v) is 14.2. The van der Waals surface area contributed by atoms with Gasteiger partial charge in [0.1, 0.15) is 0 Å². The van der Waals surface area contributed by atoms with Crippen molar-refractivity contribution in [2.45, 2.75) is 26.2 Å². The average Bonchev–Trinajstić information content (AvgIpc) is 2.78. The van der Waals surface area contributed by atoms with Gasteiger partial charge in [-0.05, 0) is 35.8 Å². The minimum Gasteiger partial charge on any atom is -0.466 e. The highest BCUT2D eigenvalue weighted by molar-refractivity contribution is 6.01. The summed E-state index contributed by atoms with van der Waals surface area (Å²) >= 11 is 0. The third-order valence-electron chi connectivity index (χ3n) is 4.76. The van der Waals surface area contributed by atoms with Crippen LogP contribution in [0.15, 0.2) is 53.1 Å². The molecule has 1 aliphatic carbocycles. The van der Waals surface area contributed by atoms with Gasteiger partial charge in [-0.3, -0.25) is 4.79 Å². The first-order valence-corrected chi connectivity index (χ1v) is 8.49. The fraction of sp³-hybridized carbons (Fsp3) is 0.400. The Morgan fingerprint density at radius 3 is 2.71 bits per heavy atom. The van der Waals surface area contributed by atoms with E-state index in [1.165, 1.54) is 7.11 Å². The number of esters is 1. The van der Waals surface area contributed by atoms with Crippen LogP contribution in [0.25, 0.3) is 0 Å². The first-order chi connectivity index (χ1) is 11.6. The molecule has 1 atom stereocenters. The van der Waals surface area contributed by atoms with E-state index in [0.717, 1.165) is 36.2 Å². The van der Waals surface area contributed by atoms with Crippen LogP contribution < -0.4 is 4.90 Å². The van der Waals surface area contributed by atoms with Crippen molar-refractivity contribution in [1.29, 1.82) is 0 Å². The van der Waals surface area contributed by atoms with Crippen molar-refractivity contribution in [2.75, 3.05) is 25.1 Å². The number of carbonyl (C=O) groups excluding carboxylic acids is 2. The van der Waals surface area contributed by atoms with Crippen LogP contribution in [0.4, 0.5) is 5.69 Å². The summed E-state index contributed by atoms with van der Waals surface area (Å²) in [6, 6.07) is 10.0. The molecule has 2 aliphatic rings. The van der Waals surface area contributed by atoms with E-state index in [0.29, 0.717) is 18.5 Å². The number of benzene rings is 1. The van der Waals surface area contributed by atoms with Crippen LogP contribution in [0.5, 0.6) is 0 Å². The molecular formula is C20H23NO3. The number of hydrogen-bond acceptors (Lipinski definition) is 4. The number of nitrogens with zero attached hydrogens (tertiary/aromatic N) is 1. The first-order valence-electron chi connectivity index (χ1n) is 8.49. The molecule has 24 heavy (non-hydrogen) atoms. The van der Waals surface area contributed by atoms with Crippen LogP contribution in [-0.2, 0) is 14.3 Å². The second-order valence-corrected chi connectivity index (χ2v) is 6.39. The standard InChI is InChI=1S/C20H23NO3/c1-3-7-17-18-10-15(20(23)24-2)13-21(12-14(18)11-19(17)22)16-8-5-4-6-9-16/h4-6,8-10,14H,3,7,11-13H2,1-2H3. The fourth-order valence-electron chi connectivity index (χ4n) is 3.63. The summed E-state index contributed by atoms with van der Waals surface area (Å²) in [4.78, 5) is 26.8. The van der Waals surface area contributed by atoms with Gasteiger partial charge in [0, 0.05) is 24.6 Å². The van der Waals surface area contributed by atoms with Crippen molar-refractivity contribution in [1.82, 2.24) is 0 Å². The molecule has 1 heterocycles. The molecule has 1 aromatic carbocycles. The molecule has 0 bridgehead atoms. The van der Waals surface area contributed by atoms with Crippen LogP contribution >= 0.6 is 0 Å². The Labute approximate surface area is 142 Å². The van der Waals surface area contributed by atoms with E-state index in [-0.39, 0.29) is 17.7 Å². The molecule has 4 nitrogen and oxygen atoms in total. The number of para-hydroxylation sites is 1. The van der Waals surface area contributed by atoms with Gasteiger partial charge in [-0.15, -0.1) is 0 Å². The lowest BCUT2D eigenvalue weighted by atomic mass is 9.98. The zero-order valence-electron chi connectivity index (χ0n) is 14.2. The van der Waals surface area contributed by atoms with Crippen LogP contribution in [0.3, 0.4) is 0 Å². The van der Waals surface area contributed by atoms with Crippen LogP contribution in [0.1, 0.15) is 26.2 Å². The van der Waals surface area contributed by atoms with Crippen molar-refractivity contribution in [3.05, 3.63) is 53.1 Å². The van der Waals surface area contributed by atoms with E-state index in [4.69, 9.17) is 4.74 Å². The highest BCUT2D eigenvalue weighted by atomic mass is 16.5. The quantitative estimate of drug-likeness (QED) is 0.797. The van der Waals surface area contributed by atoms with E-state index >= 15 is 0 Å². The van der Waals surface area contributed by atoms with Gasteiger partial charge in [-0.2, -0.15) is 0 Å². The number of hydrogen-bond donors (Lipinski definition) is 0. The van der Waals surface area contributed by atoms with E-state index < -0.39 is 0 Å². The predicted molar refractivity (Wildman–Crippen MR) is 93.8 cm³/mol. The largest absolute Gasteiger partial charge is 0.466 e. The first kappa shape index (κ1) is 16.5. The van der Waals surface area contributed by atoms with E-state index in [1.807, 2.05) is 36.4 Å². The summed E-state index contributed by atoms with van der Waals surface area (Å²) < 4.78 is 4.96. The van der Waals surface area contributed by atoms with Gasteiger partial charge in [0.15, 0.2) is 5.78 Å². The molecule has 126 valence electrons. The Morgan fingerprint density at radius 2 is 2.04 bits per heavy atom. The van der Waals surface area contributed by atoms with Crippen LogP contribution in [0.2, 0.25) is 0 Å². The minimum atomic E-state index is -0.320. The van der Waals surface area contributed by atoms with Gasteiger partial charge in [0.25, 0.3) is 0 Å². The third kappa shape index (κ3) is 3.14. The van der Waals surface area contributed by atoms with Gasteiger partial charge < -0.3 is 9.64 Å². The maximum atomic E-state index is 12.4. The van der Waals surface area contributed by atoms with Crippen molar-refractivity contribution in [3.8, 4) is 0 Å². The monoisotopic (exact) mass is 325 g/mol. The second-order valence-electron chi connectivity index (χ2n) is 6.39. The Kier molecular flexibility index (Phi) is 4.84. The maximum absolute atomic E-state index is 12.4. The molecular weight excluding hydrogens is 302 g/mol. The number of ketones is 1. The number of carbonyl (C=O) groups is 2. The number of methoxy groups -OCH3 is 1. The minimum absolute atomic E-state index is 0.154. The zero-order chi connectivity index (χ0) is 17.1. The average molecular weight is 325 g/mol. The lowest BCUT2D eigenvalue weighted by Crippen LogP contribution is -2.31. The molecule has 0 fully saturated rings. The Balaban J connectivity index is 2.02. The molecule has 0 amide bonds. The SMILES string of the molecule is CCCC1=C2C=C(C(=O)OC)CN(c3ccccc3)CC2CC1=O. The normalized spacial score (nSPS) is 20.6. The summed E-state index contributed by atoms with van der Waals surface area (Å²) in [6.07, 6.45) is 4.16. The molecule has 1 aliphatic heterocycles. The van der Waals surface area contributed by atoms with E-state index in [9.17, 15) is 9.59 Å². The highest BCUT2D eigenvalue weighted by Crippen LogP contribution is 2.37. The van der Waals surface area contributed by atoms with Gasteiger partial charge in [0.2, 0.25) is 0 Å². The molecule has 1 aromatic rings. The summed E-state index contributed by atoms with van der Waals surface area (Å²) in [5, 5.41) is 0. The van der Waals surface area contributed by atoms with Crippen LogP contribution in [0, 0.1) is 5.92 Å². The molecule has 0 radical (unpaired) electrons. The summed E-state index contributed by atoms with van der Waals surface area (Å²) in [7, 11) is 1.40. The number of fused-ring (bicyclic) bond motifs is 1. The van der Waals surface area contributed by atoms with Crippen molar-refractivity contribution in [3.63, 3.8) is 0 Å². The van der Waals surface area contributed by atoms with Gasteiger partial charge in [-0.1, -0.05) is 31.5 Å². The Morgan fingerprint density at radius 1 is 1.29 bits per heavy atom. The van der Waals surface area contributed by atoms with Gasteiger partial charge in [-0.25, -0.2) is 4.79 Å². The molecule has 0 aromatic heterocycles. The number of allylic oxidation sites excluding steroid dienone is 2. The summed E-state index contributed by atoms with van der Waals surface area (Å²) in [6.45, 7) is 3.33. The summed E-state index contributed by atoms with van der Waals surface area (Å²) in [5.41, 5.74) is 3.62. The van der Waals surface area contributed by atoms with E-state index in [1.54, 1.807) is 0 Å². The topological polar surface area (TPSA) is 46.6 Å². The van der Waals surface area contributed by atoms with Crippen molar-refractivity contribution in [2.24, 2.45) is 5.92 Å². The van der Waals surface area contributed by atoms with Crippen LogP contribution in [-0.4, -0.2) is 32.0 Å². The second kappa shape index (κ2) is 7.04. The lowest BCUT2D eigenvalue weighted by Gasteiger charge is -2.26.